The first-order valence-corrected chi connectivity index (χ1v) is 8.79. The number of aromatic nitrogens is 1. The van der Waals surface area contributed by atoms with Gasteiger partial charge in [-0.15, -0.1) is 0 Å². The summed E-state index contributed by atoms with van der Waals surface area (Å²) in [5.74, 6) is 0.587. The lowest BCUT2D eigenvalue weighted by atomic mass is 10.0. The smallest absolute Gasteiger partial charge is 0.204 e. The molecule has 6 nitrogen and oxygen atoms in total. The molecule has 6 heteroatoms. The standard InChI is InChI=1S/C22H25NO5/c1-15(2)8-9-16-20(25)13-21(27-4)17(22(16)28-14-26-3)10-11-19(24)18-7-5-6-12-23-18/h5-8,10-13,25H,9,14H2,1-4H3. The van der Waals surface area contributed by atoms with Crippen molar-refractivity contribution < 1.29 is 24.1 Å². The van der Waals surface area contributed by atoms with Crippen LogP contribution >= 0.6 is 0 Å². The van der Waals surface area contributed by atoms with Crippen LogP contribution in [-0.4, -0.2) is 36.9 Å². The second-order valence-electron chi connectivity index (χ2n) is 6.27. The molecule has 0 saturated heterocycles. The van der Waals surface area contributed by atoms with E-state index in [0.717, 1.165) is 5.57 Å². The summed E-state index contributed by atoms with van der Waals surface area (Å²) in [5.41, 5.74) is 2.57. The van der Waals surface area contributed by atoms with Gasteiger partial charge in [0, 0.05) is 24.9 Å². The van der Waals surface area contributed by atoms with E-state index in [0.29, 0.717) is 34.7 Å². The lowest BCUT2D eigenvalue weighted by Crippen LogP contribution is -2.05. The fraction of sp³-hybridized carbons (Fsp3) is 0.273. The highest BCUT2D eigenvalue weighted by atomic mass is 16.7. The van der Waals surface area contributed by atoms with E-state index in [-0.39, 0.29) is 18.3 Å². The van der Waals surface area contributed by atoms with E-state index in [9.17, 15) is 9.90 Å². The molecule has 0 unspecified atom stereocenters. The number of rotatable bonds is 9. The third-order valence-electron chi connectivity index (χ3n) is 3.94. The van der Waals surface area contributed by atoms with Gasteiger partial charge in [-0.05, 0) is 44.6 Å². The number of methoxy groups -OCH3 is 2. The van der Waals surface area contributed by atoms with Crippen LogP contribution in [0.1, 0.15) is 35.5 Å². The van der Waals surface area contributed by atoms with Crippen molar-refractivity contribution in [3.63, 3.8) is 0 Å². The van der Waals surface area contributed by atoms with Gasteiger partial charge < -0.3 is 19.3 Å². The van der Waals surface area contributed by atoms with Gasteiger partial charge in [0.1, 0.15) is 22.9 Å². The number of aromatic hydroxyl groups is 1. The molecule has 1 heterocycles. The Morgan fingerprint density at radius 3 is 2.64 bits per heavy atom. The van der Waals surface area contributed by atoms with E-state index in [2.05, 4.69) is 4.98 Å². The van der Waals surface area contributed by atoms with Crippen LogP contribution in [0, 0.1) is 0 Å². The highest BCUT2D eigenvalue weighted by Crippen LogP contribution is 2.40. The molecule has 0 amide bonds. The average molecular weight is 383 g/mol. The van der Waals surface area contributed by atoms with E-state index in [1.54, 1.807) is 30.5 Å². The molecule has 0 aliphatic heterocycles. The molecule has 1 aromatic heterocycles. The Morgan fingerprint density at radius 2 is 2.04 bits per heavy atom. The van der Waals surface area contributed by atoms with Crippen LogP contribution in [0.3, 0.4) is 0 Å². The summed E-state index contributed by atoms with van der Waals surface area (Å²) in [7, 11) is 3.00. The van der Waals surface area contributed by atoms with Crippen molar-refractivity contribution in [2.24, 2.45) is 0 Å². The predicted molar refractivity (Wildman–Crippen MR) is 108 cm³/mol. The molecule has 0 aliphatic rings. The summed E-state index contributed by atoms with van der Waals surface area (Å²) in [6, 6.07) is 6.65. The van der Waals surface area contributed by atoms with E-state index in [1.807, 2.05) is 19.9 Å². The van der Waals surface area contributed by atoms with Crippen molar-refractivity contribution in [3.8, 4) is 17.2 Å². The first kappa shape index (κ1) is 21.2. The van der Waals surface area contributed by atoms with E-state index < -0.39 is 0 Å². The fourth-order valence-corrected chi connectivity index (χ4v) is 2.55. The fourth-order valence-electron chi connectivity index (χ4n) is 2.55. The zero-order valence-corrected chi connectivity index (χ0v) is 16.6. The molecule has 0 bridgehead atoms. The number of pyridine rings is 1. The molecule has 2 aromatic rings. The Kier molecular flexibility index (Phi) is 7.77. The Labute approximate surface area is 165 Å². The number of phenols is 1. The van der Waals surface area contributed by atoms with Gasteiger partial charge in [0.25, 0.3) is 0 Å². The minimum absolute atomic E-state index is 0.0105. The van der Waals surface area contributed by atoms with Gasteiger partial charge in [-0.1, -0.05) is 17.7 Å². The van der Waals surface area contributed by atoms with E-state index in [4.69, 9.17) is 14.2 Å². The Balaban J connectivity index is 2.52. The SMILES string of the molecule is COCOc1c(C=CC(=O)c2ccccn2)c(OC)cc(O)c1CC=C(C)C. The van der Waals surface area contributed by atoms with Crippen LogP contribution in [0.25, 0.3) is 6.08 Å². The average Bonchev–Trinajstić information content (AvgIpc) is 2.70. The lowest BCUT2D eigenvalue weighted by Gasteiger charge is -2.17. The van der Waals surface area contributed by atoms with Gasteiger partial charge in [0.2, 0.25) is 5.78 Å². The van der Waals surface area contributed by atoms with Crippen molar-refractivity contribution in [2.45, 2.75) is 20.3 Å². The topological polar surface area (TPSA) is 77.9 Å². The number of allylic oxidation sites excluding steroid dienone is 3. The molecule has 28 heavy (non-hydrogen) atoms. The number of ketones is 1. The van der Waals surface area contributed by atoms with Gasteiger partial charge in [-0.3, -0.25) is 9.78 Å². The normalized spacial score (nSPS) is 10.7. The lowest BCUT2D eigenvalue weighted by molar-refractivity contribution is 0.0500. The number of ether oxygens (including phenoxy) is 3. The molecule has 0 atom stereocenters. The summed E-state index contributed by atoms with van der Waals surface area (Å²) in [6.45, 7) is 3.94. The number of nitrogens with zero attached hydrogens (tertiary/aromatic N) is 1. The number of hydrogen-bond acceptors (Lipinski definition) is 6. The highest BCUT2D eigenvalue weighted by Gasteiger charge is 2.18. The van der Waals surface area contributed by atoms with Crippen molar-refractivity contribution in [1.82, 2.24) is 4.98 Å². The van der Waals surface area contributed by atoms with Crippen molar-refractivity contribution >= 4 is 11.9 Å². The Bertz CT molecular complexity index is 868. The van der Waals surface area contributed by atoms with Gasteiger partial charge in [-0.25, -0.2) is 0 Å². The second-order valence-corrected chi connectivity index (χ2v) is 6.27. The molecule has 1 N–H and O–H groups in total. The van der Waals surface area contributed by atoms with Crippen LogP contribution in [0.5, 0.6) is 17.2 Å². The van der Waals surface area contributed by atoms with E-state index >= 15 is 0 Å². The molecule has 1 aromatic carbocycles. The molecule has 148 valence electrons. The first-order chi connectivity index (χ1) is 13.5. The third-order valence-corrected chi connectivity index (χ3v) is 3.94. The van der Waals surface area contributed by atoms with Gasteiger partial charge >= 0.3 is 0 Å². The number of carbonyl (C=O) groups excluding carboxylic acids is 1. The van der Waals surface area contributed by atoms with Crippen LogP contribution < -0.4 is 9.47 Å². The monoisotopic (exact) mass is 383 g/mol. The van der Waals surface area contributed by atoms with Crippen LogP contribution in [0.15, 0.2) is 48.2 Å². The predicted octanol–water partition coefficient (Wildman–Crippen LogP) is 4.18. The maximum atomic E-state index is 12.4. The molecule has 0 fully saturated rings. The zero-order valence-electron chi connectivity index (χ0n) is 16.6. The summed E-state index contributed by atoms with van der Waals surface area (Å²) >= 11 is 0. The maximum Gasteiger partial charge on any atom is 0.204 e. The molecule has 2 rings (SSSR count). The second kappa shape index (κ2) is 10.3. The number of benzene rings is 1. The number of carbonyl (C=O) groups is 1. The quantitative estimate of drug-likeness (QED) is 0.303. The third kappa shape index (κ3) is 5.44. The molecule has 0 aliphatic carbocycles. The Hall–Kier alpha value is -3.12. The molecular weight excluding hydrogens is 358 g/mol. The van der Waals surface area contributed by atoms with Crippen LogP contribution in [0.2, 0.25) is 0 Å². The van der Waals surface area contributed by atoms with Crippen LogP contribution in [-0.2, 0) is 11.2 Å². The van der Waals surface area contributed by atoms with Gasteiger partial charge in [0.05, 0.1) is 12.7 Å². The van der Waals surface area contributed by atoms with E-state index in [1.165, 1.54) is 26.4 Å². The van der Waals surface area contributed by atoms with Gasteiger partial charge in [0.15, 0.2) is 6.79 Å². The largest absolute Gasteiger partial charge is 0.507 e. The maximum absolute atomic E-state index is 12.4. The Morgan fingerprint density at radius 1 is 1.25 bits per heavy atom. The summed E-state index contributed by atoms with van der Waals surface area (Å²) in [6.07, 6.45) is 7.01. The van der Waals surface area contributed by atoms with Gasteiger partial charge in [-0.2, -0.15) is 0 Å². The molecule has 0 spiro atoms. The molecular formula is C22H25NO5. The summed E-state index contributed by atoms with van der Waals surface area (Å²) in [5, 5.41) is 10.5. The molecule has 0 saturated carbocycles. The zero-order chi connectivity index (χ0) is 20.5. The first-order valence-electron chi connectivity index (χ1n) is 8.79. The number of phenolic OH excluding ortho intramolecular Hbond substituents is 1. The highest BCUT2D eigenvalue weighted by molar-refractivity contribution is 6.05. The van der Waals surface area contributed by atoms with Crippen molar-refractivity contribution in [2.75, 3.05) is 21.0 Å². The number of hydrogen-bond donors (Lipinski definition) is 1. The summed E-state index contributed by atoms with van der Waals surface area (Å²) in [4.78, 5) is 16.5. The molecule has 0 radical (unpaired) electrons. The van der Waals surface area contributed by atoms with Crippen molar-refractivity contribution in [3.05, 3.63) is 65.0 Å². The minimum Gasteiger partial charge on any atom is -0.507 e. The minimum atomic E-state index is -0.251. The summed E-state index contributed by atoms with van der Waals surface area (Å²) < 4.78 is 16.2. The van der Waals surface area contributed by atoms with Crippen molar-refractivity contribution in [1.29, 1.82) is 0 Å². The van der Waals surface area contributed by atoms with Crippen LogP contribution in [0.4, 0.5) is 0 Å².